The fourth-order valence-corrected chi connectivity index (χ4v) is 4.16. The summed E-state index contributed by atoms with van der Waals surface area (Å²) in [6, 6.07) is 0.289. The van der Waals surface area contributed by atoms with Gasteiger partial charge in [0.2, 0.25) is 5.91 Å². The Labute approximate surface area is 164 Å². The number of carbonyl (C=O) groups excluding carboxylic acids is 2. The molecule has 2 fully saturated rings. The Morgan fingerprint density at radius 1 is 1.04 bits per heavy atom. The van der Waals surface area contributed by atoms with Gasteiger partial charge in [-0.3, -0.25) is 9.69 Å². The molecule has 4 unspecified atom stereocenters. The highest BCUT2D eigenvalue weighted by atomic mass is 16.6. The van der Waals surface area contributed by atoms with E-state index in [0.29, 0.717) is 17.9 Å². The molecule has 1 aliphatic heterocycles. The molecule has 6 heteroatoms. The maximum atomic E-state index is 12.7. The summed E-state index contributed by atoms with van der Waals surface area (Å²) in [6.07, 6.45) is 4.88. The molecule has 2 rings (SSSR count). The van der Waals surface area contributed by atoms with Crippen LogP contribution in [0.3, 0.4) is 0 Å². The molecule has 156 valence electrons. The van der Waals surface area contributed by atoms with Crippen LogP contribution in [0.15, 0.2) is 0 Å². The number of hydrogen-bond acceptors (Lipinski definition) is 4. The summed E-state index contributed by atoms with van der Waals surface area (Å²) in [5.41, 5.74) is -0.481. The lowest BCUT2D eigenvalue weighted by molar-refractivity contribution is -0.127. The van der Waals surface area contributed by atoms with Crippen molar-refractivity contribution in [2.75, 3.05) is 13.1 Å². The summed E-state index contributed by atoms with van der Waals surface area (Å²) in [6.45, 7) is 13.8. The van der Waals surface area contributed by atoms with Crippen molar-refractivity contribution < 1.29 is 14.3 Å². The highest BCUT2D eigenvalue weighted by Crippen LogP contribution is 2.29. The van der Waals surface area contributed by atoms with Crippen LogP contribution < -0.4 is 10.6 Å². The van der Waals surface area contributed by atoms with Gasteiger partial charge in [0, 0.05) is 25.2 Å². The van der Waals surface area contributed by atoms with Crippen LogP contribution in [0, 0.1) is 11.8 Å². The van der Waals surface area contributed by atoms with Crippen molar-refractivity contribution in [3.8, 4) is 0 Å². The number of ether oxygens (including phenoxy) is 1. The first-order valence-corrected chi connectivity index (χ1v) is 10.6. The molecule has 0 radical (unpaired) electrons. The number of alkyl carbamates (subject to hydrolysis) is 1. The van der Waals surface area contributed by atoms with Crippen LogP contribution in [0.5, 0.6) is 0 Å². The van der Waals surface area contributed by atoms with Crippen LogP contribution in [-0.2, 0) is 9.53 Å². The van der Waals surface area contributed by atoms with E-state index in [9.17, 15) is 9.59 Å². The molecular formula is C21H39N3O3. The van der Waals surface area contributed by atoms with Crippen molar-refractivity contribution in [2.24, 2.45) is 11.8 Å². The molecule has 0 spiro atoms. The second-order valence-electron chi connectivity index (χ2n) is 9.51. The molecule has 0 aromatic rings. The van der Waals surface area contributed by atoms with Gasteiger partial charge in [-0.1, -0.05) is 26.7 Å². The lowest BCUT2D eigenvalue weighted by Gasteiger charge is -2.38. The molecule has 1 saturated carbocycles. The van der Waals surface area contributed by atoms with Crippen LogP contribution in [0.1, 0.15) is 73.6 Å². The molecule has 2 aliphatic rings. The van der Waals surface area contributed by atoms with Gasteiger partial charge in [-0.05, 0) is 58.8 Å². The van der Waals surface area contributed by atoms with Gasteiger partial charge in [-0.15, -0.1) is 0 Å². The standard InChI is InChI=1S/C21H39N3O3/c1-14-8-7-9-18(15(14)2)23-19(25)16(3)24-12-10-17(11-13-24)22-20(26)27-21(4,5)6/h14-18H,7-13H2,1-6H3,(H,22,26)(H,23,25). The third-order valence-electron chi connectivity index (χ3n) is 6.21. The van der Waals surface area contributed by atoms with Crippen molar-refractivity contribution in [1.29, 1.82) is 0 Å². The predicted octanol–water partition coefficient (Wildman–Crippen LogP) is 3.30. The average molecular weight is 382 g/mol. The van der Waals surface area contributed by atoms with Crippen LogP contribution in [-0.4, -0.2) is 53.7 Å². The van der Waals surface area contributed by atoms with Crippen LogP contribution >= 0.6 is 0 Å². The van der Waals surface area contributed by atoms with E-state index in [1.54, 1.807) is 0 Å². The Morgan fingerprint density at radius 3 is 2.26 bits per heavy atom. The first-order valence-electron chi connectivity index (χ1n) is 10.6. The Bertz CT molecular complexity index is 509. The van der Waals surface area contributed by atoms with Crippen molar-refractivity contribution >= 4 is 12.0 Å². The van der Waals surface area contributed by atoms with E-state index in [4.69, 9.17) is 4.74 Å². The Morgan fingerprint density at radius 2 is 1.67 bits per heavy atom. The quantitative estimate of drug-likeness (QED) is 0.784. The van der Waals surface area contributed by atoms with Crippen molar-refractivity contribution in [2.45, 2.75) is 97.4 Å². The van der Waals surface area contributed by atoms with E-state index in [1.165, 1.54) is 12.8 Å². The summed E-state index contributed by atoms with van der Waals surface area (Å²) in [5, 5.41) is 6.25. The Hall–Kier alpha value is -1.30. The normalized spacial score (nSPS) is 29.0. The molecule has 0 aromatic carbocycles. The van der Waals surface area contributed by atoms with Gasteiger partial charge in [0.15, 0.2) is 0 Å². The molecule has 1 heterocycles. The van der Waals surface area contributed by atoms with Gasteiger partial charge in [-0.2, -0.15) is 0 Å². The lowest BCUT2D eigenvalue weighted by atomic mass is 9.78. The van der Waals surface area contributed by atoms with Crippen molar-refractivity contribution in [3.05, 3.63) is 0 Å². The molecule has 2 N–H and O–H groups in total. The van der Waals surface area contributed by atoms with Gasteiger partial charge >= 0.3 is 6.09 Å². The number of piperidine rings is 1. The smallest absolute Gasteiger partial charge is 0.407 e. The third-order valence-corrected chi connectivity index (χ3v) is 6.21. The minimum Gasteiger partial charge on any atom is -0.444 e. The fraction of sp³-hybridized carbons (Fsp3) is 0.905. The number of rotatable bonds is 4. The van der Waals surface area contributed by atoms with Gasteiger partial charge < -0.3 is 15.4 Å². The van der Waals surface area contributed by atoms with Crippen LogP contribution in [0.25, 0.3) is 0 Å². The molecule has 0 aromatic heterocycles. The largest absolute Gasteiger partial charge is 0.444 e. The van der Waals surface area contributed by atoms with Crippen molar-refractivity contribution in [3.63, 3.8) is 0 Å². The molecule has 6 nitrogen and oxygen atoms in total. The van der Waals surface area contributed by atoms with E-state index in [2.05, 4.69) is 29.4 Å². The molecule has 1 aliphatic carbocycles. The number of amides is 2. The van der Waals surface area contributed by atoms with E-state index in [1.807, 2.05) is 27.7 Å². The third kappa shape index (κ3) is 6.66. The topological polar surface area (TPSA) is 70.7 Å². The van der Waals surface area contributed by atoms with Crippen molar-refractivity contribution in [1.82, 2.24) is 15.5 Å². The summed E-state index contributed by atoms with van der Waals surface area (Å²) < 4.78 is 5.33. The fourth-order valence-electron chi connectivity index (χ4n) is 4.16. The van der Waals surface area contributed by atoms with Gasteiger partial charge in [-0.25, -0.2) is 4.79 Å². The first-order chi connectivity index (χ1) is 12.6. The van der Waals surface area contributed by atoms with Gasteiger partial charge in [0.05, 0.1) is 6.04 Å². The SMILES string of the molecule is CC1CCCC(NC(=O)C(C)N2CCC(NC(=O)OC(C)(C)C)CC2)C1C. The number of nitrogens with zero attached hydrogens (tertiary/aromatic N) is 1. The molecule has 2 amide bonds. The average Bonchev–Trinajstić information content (AvgIpc) is 2.57. The van der Waals surface area contributed by atoms with Crippen LogP contribution in [0.4, 0.5) is 4.79 Å². The highest BCUT2D eigenvalue weighted by Gasteiger charge is 2.32. The summed E-state index contributed by atoms with van der Waals surface area (Å²) in [5.74, 6) is 1.35. The number of nitrogens with one attached hydrogen (secondary N) is 2. The van der Waals surface area contributed by atoms with Crippen LogP contribution in [0.2, 0.25) is 0 Å². The summed E-state index contributed by atoms with van der Waals surface area (Å²) >= 11 is 0. The number of carbonyl (C=O) groups is 2. The number of hydrogen-bond donors (Lipinski definition) is 2. The van der Waals surface area contributed by atoms with Gasteiger partial charge in [0.1, 0.15) is 5.60 Å². The maximum Gasteiger partial charge on any atom is 0.407 e. The monoisotopic (exact) mass is 381 g/mol. The molecule has 0 bridgehead atoms. The van der Waals surface area contributed by atoms with E-state index in [0.717, 1.165) is 32.4 Å². The lowest BCUT2D eigenvalue weighted by Crippen LogP contribution is -2.54. The molecule has 27 heavy (non-hydrogen) atoms. The van der Waals surface area contributed by atoms with E-state index >= 15 is 0 Å². The molecular weight excluding hydrogens is 342 g/mol. The zero-order valence-corrected chi connectivity index (χ0v) is 18.0. The van der Waals surface area contributed by atoms with E-state index < -0.39 is 5.60 Å². The summed E-state index contributed by atoms with van der Waals surface area (Å²) in [7, 11) is 0. The van der Waals surface area contributed by atoms with E-state index in [-0.39, 0.29) is 24.1 Å². The minimum absolute atomic E-state index is 0.116. The summed E-state index contributed by atoms with van der Waals surface area (Å²) in [4.78, 5) is 26.9. The molecule has 4 atom stereocenters. The second-order valence-corrected chi connectivity index (χ2v) is 9.51. The zero-order chi connectivity index (χ0) is 20.2. The Balaban J connectivity index is 1.76. The minimum atomic E-state index is -0.481. The maximum absolute atomic E-state index is 12.7. The Kier molecular flexibility index (Phi) is 7.55. The number of likely N-dealkylation sites (tertiary alicyclic amines) is 1. The molecule has 1 saturated heterocycles. The highest BCUT2D eigenvalue weighted by molar-refractivity contribution is 5.81. The zero-order valence-electron chi connectivity index (χ0n) is 18.0. The first kappa shape index (κ1) is 22.0. The predicted molar refractivity (Wildman–Crippen MR) is 108 cm³/mol. The second kappa shape index (κ2) is 9.26. The van der Waals surface area contributed by atoms with Gasteiger partial charge in [0.25, 0.3) is 0 Å².